The molecule has 0 radical (unpaired) electrons. The number of likely N-dealkylation sites (N-methyl/N-ethyl adjacent to an activating group) is 1. The van der Waals surface area contributed by atoms with Gasteiger partial charge in [0.25, 0.3) is 11.8 Å². The van der Waals surface area contributed by atoms with Crippen molar-refractivity contribution in [1.29, 1.82) is 0 Å². The predicted octanol–water partition coefficient (Wildman–Crippen LogP) is 2.58. The highest BCUT2D eigenvalue weighted by Gasteiger charge is 2.19. The number of carbonyl (C=O) groups excluding carboxylic acids is 2. The number of benzene rings is 1. The number of imide groups is 1. The zero-order valence-corrected chi connectivity index (χ0v) is 10.3. The standard InChI is InChI=1S/C15H15NO2/c1-4-5-9-12(2)14(17)16(3)15(18)13-10-7-6-8-11-13/h4-11H,1-2H2,3H3/b9-5-. The summed E-state index contributed by atoms with van der Waals surface area (Å²) in [6.45, 7) is 7.11. The lowest BCUT2D eigenvalue weighted by Crippen LogP contribution is -2.33. The van der Waals surface area contributed by atoms with Crippen molar-refractivity contribution in [3.8, 4) is 0 Å². The van der Waals surface area contributed by atoms with Crippen LogP contribution in [0.25, 0.3) is 0 Å². The molecule has 92 valence electrons. The highest BCUT2D eigenvalue weighted by molar-refractivity contribution is 6.10. The van der Waals surface area contributed by atoms with Crippen LogP contribution in [0.3, 0.4) is 0 Å². The third-order valence-electron chi connectivity index (χ3n) is 2.34. The largest absolute Gasteiger partial charge is 0.278 e. The van der Waals surface area contributed by atoms with Gasteiger partial charge in [-0.05, 0) is 12.1 Å². The van der Waals surface area contributed by atoms with Crippen LogP contribution < -0.4 is 0 Å². The number of hydrogen-bond acceptors (Lipinski definition) is 2. The molecule has 2 amide bonds. The summed E-state index contributed by atoms with van der Waals surface area (Å²) in [5.41, 5.74) is 0.704. The van der Waals surface area contributed by atoms with E-state index in [1.165, 1.54) is 19.2 Å². The van der Waals surface area contributed by atoms with E-state index in [-0.39, 0.29) is 11.5 Å². The topological polar surface area (TPSA) is 37.4 Å². The summed E-state index contributed by atoms with van der Waals surface area (Å²) in [5, 5.41) is 0. The lowest BCUT2D eigenvalue weighted by Gasteiger charge is -2.15. The number of carbonyl (C=O) groups is 2. The molecule has 0 aliphatic heterocycles. The third-order valence-corrected chi connectivity index (χ3v) is 2.34. The molecule has 0 aliphatic rings. The maximum atomic E-state index is 12.0. The van der Waals surface area contributed by atoms with Gasteiger partial charge in [-0.3, -0.25) is 14.5 Å². The van der Waals surface area contributed by atoms with Crippen molar-refractivity contribution in [1.82, 2.24) is 4.90 Å². The Hall–Kier alpha value is -2.42. The van der Waals surface area contributed by atoms with Gasteiger partial charge in [-0.1, -0.05) is 49.6 Å². The molecule has 3 heteroatoms. The van der Waals surface area contributed by atoms with Gasteiger partial charge in [0.05, 0.1) is 0 Å². The average Bonchev–Trinajstić information content (AvgIpc) is 2.43. The van der Waals surface area contributed by atoms with E-state index in [0.29, 0.717) is 5.56 Å². The first-order valence-corrected chi connectivity index (χ1v) is 5.43. The Morgan fingerprint density at radius 3 is 2.39 bits per heavy atom. The second-order valence-electron chi connectivity index (χ2n) is 3.66. The molecular weight excluding hydrogens is 226 g/mol. The van der Waals surface area contributed by atoms with Crippen molar-refractivity contribution >= 4 is 11.8 Å². The molecule has 0 heterocycles. The van der Waals surface area contributed by atoms with Crippen LogP contribution in [0.1, 0.15) is 10.4 Å². The molecule has 3 nitrogen and oxygen atoms in total. The Balaban J connectivity index is 2.82. The van der Waals surface area contributed by atoms with Crippen molar-refractivity contribution in [2.45, 2.75) is 0 Å². The van der Waals surface area contributed by atoms with Crippen LogP contribution in [0.4, 0.5) is 0 Å². The van der Waals surface area contributed by atoms with E-state index in [2.05, 4.69) is 13.2 Å². The quantitative estimate of drug-likeness (QED) is 0.600. The highest BCUT2D eigenvalue weighted by Crippen LogP contribution is 2.07. The first-order valence-electron chi connectivity index (χ1n) is 5.43. The number of hydrogen-bond donors (Lipinski definition) is 0. The lowest BCUT2D eigenvalue weighted by molar-refractivity contribution is -0.123. The molecule has 0 spiro atoms. The second-order valence-corrected chi connectivity index (χ2v) is 3.66. The predicted molar refractivity (Wildman–Crippen MR) is 72.0 cm³/mol. The van der Waals surface area contributed by atoms with Crippen LogP contribution >= 0.6 is 0 Å². The molecule has 0 N–H and O–H groups in total. The number of allylic oxidation sites excluding steroid dienone is 2. The van der Waals surface area contributed by atoms with Gasteiger partial charge in [0.15, 0.2) is 0 Å². The van der Waals surface area contributed by atoms with Crippen molar-refractivity contribution in [3.05, 3.63) is 72.9 Å². The van der Waals surface area contributed by atoms with Gasteiger partial charge >= 0.3 is 0 Å². The van der Waals surface area contributed by atoms with Crippen molar-refractivity contribution in [2.75, 3.05) is 7.05 Å². The van der Waals surface area contributed by atoms with Crippen LogP contribution in [0.5, 0.6) is 0 Å². The average molecular weight is 241 g/mol. The van der Waals surface area contributed by atoms with Crippen molar-refractivity contribution in [2.24, 2.45) is 0 Å². The normalized spacial score (nSPS) is 10.1. The van der Waals surface area contributed by atoms with Crippen LogP contribution in [0.15, 0.2) is 67.3 Å². The highest BCUT2D eigenvalue weighted by atomic mass is 16.2. The summed E-state index contributed by atoms with van der Waals surface area (Å²) in [6.07, 6.45) is 4.66. The van der Waals surface area contributed by atoms with E-state index in [4.69, 9.17) is 0 Å². The summed E-state index contributed by atoms with van der Waals surface area (Å²) in [7, 11) is 1.44. The maximum Gasteiger partial charge on any atom is 0.260 e. The summed E-state index contributed by atoms with van der Waals surface area (Å²) < 4.78 is 0. The fourth-order valence-electron chi connectivity index (χ4n) is 1.34. The van der Waals surface area contributed by atoms with Crippen molar-refractivity contribution in [3.63, 3.8) is 0 Å². The van der Waals surface area contributed by atoms with Gasteiger partial charge in [-0.15, -0.1) is 0 Å². The molecular formula is C15H15NO2. The molecule has 18 heavy (non-hydrogen) atoms. The van der Waals surface area contributed by atoms with Gasteiger partial charge < -0.3 is 0 Å². The third kappa shape index (κ3) is 3.28. The molecule has 1 rings (SSSR count). The molecule has 0 atom stereocenters. The minimum Gasteiger partial charge on any atom is -0.278 e. The van der Waals surface area contributed by atoms with Gasteiger partial charge in [0.2, 0.25) is 0 Å². The smallest absolute Gasteiger partial charge is 0.260 e. The van der Waals surface area contributed by atoms with E-state index in [9.17, 15) is 9.59 Å². The minimum atomic E-state index is -0.429. The molecule has 0 fully saturated rings. The zero-order valence-electron chi connectivity index (χ0n) is 10.3. The number of amides is 2. The molecule has 0 saturated carbocycles. The Morgan fingerprint density at radius 2 is 1.83 bits per heavy atom. The van der Waals surface area contributed by atoms with Gasteiger partial charge in [0.1, 0.15) is 0 Å². The van der Waals surface area contributed by atoms with Gasteiger partial charge in [-0.25, -0.2) is 0 Å². The van der Waals surface area contributed by atoms with E-state index >= 15 is 0 Å². The van der Waals surface area contributed by atoms with E-state index < -0.39 is 5.91 Å². The molecule has 0 aliphatic carbocycles. The minimum absolute atomic E-state index is 0.238. The summed E-state index contributed by atoms with van der Waals surface area (Å²) in [6, 6.07) is 8.63. The first-order chi connectivity index (χ1) is 8.57. The molecule has 1 aromatic carbocycles. The monoisotopic (exact) mass is 241 g/mol. The zero-order chi connectivity index (χ0) is 13.5. The molecule has 0 aromatic heterocycles. The number of rotatable bonds is 4. The summed E-state index contributed by atoms with van der Waals surface area (Å²) in [5.74, 6) is -0.782. The molecule has 0 unspecified atom stereocenters. The fraction of sp³-hybridized carbons (Fsp3) is 0.0667. The Labute approximate surface area is 107 Å². The second kappa shape index (κ2) is 6.35. The van der Waals surface area contributed by atoms with Crippen LogP contribution in [0.2, 0.25) is 0 Å². The van der Waals surface area contributed by atoms with E-state index in [1.54, 1.807) is 30.3 Å². The molecule has 1 aromatic rings. The summed E-state index contributed by atoms with van der Waals surface area (Å²) >= 11 is 0. The molecule has 0 saturated heterocycles. The fourth-order valence-corrected chi connectivity index (χ4v) is 1.34. The maximum absolute atomic E-state index is 12.0. The van der Waals surface area contributed by atoms with Crippen molar-refractivity contribution < 1.29 is 9.59 Å². The SMILES string of the molecule is C=C/C=C\C(=C)C(=O)N(C)C(=O)c1ccccc1. The van der Waals surface area contributed by atoms with Gasteiger partial charge in [0, 0.05) is 18.2 Å². The first kappa shape index (κ1) is 13.6. The van der Waals surface area contributed by atoms with Gasteiger partial charge in [-0.2, -0.15) is 0 Å². The van der Waals surface area contributed by atoms with Crippen LogP contribution in [-0.4, -0.2) is 23.8 Å². The van der Waals surface area contributed by atoms with Crippen LogP contribution in [0, 0.1) is 0 Å². The Bertz CT molecular complexity index is 500. The summed E-state index contributed by atoms with van der Waals surface area (Å²) in [4.78, 5) is 24.9. The Kier molecular flexibility index (Phi) is 4.81. The van der Waals surface area contributed by atoms with Crippen LogP contribution in [-0.2, 0) is 4.79 Å². The van der Waals surface area contributed by atoms with E-state index in [1.807, 2.05) is 6.07 Å². The van der Waals surface area contributed by atoms with E-state index in [0.717, 1.165) is 4.90 Å². The Morgan fingerprint density at radius 1 is 1.22 bits per heavy atom. The number of nitrogens with zero attached hydrogens (tertiary/aromatic N) is 1. The lowest BCUT2D eigenvalue weighted by atomic mass is 10.2. The molecule has 0 bridgehead atoms.